The number of aliphatic imine (C=N–C) groups is 1. The molecule has 156 valence electrons. The first-order chi connectivity index (χ1) is 14.2. The lowest BCUT2D eigenvalue weighted by atomic mass is 9.84. The number of rotatable bonds is 4. The fraction of sp³-hybridized carbons (Fsp3) is 0.300. The van der Waals surface area contributed by atoms with Gasteiger partial charge in [0.25, 0.3) is 0 Å². The normalized spacial score (nSPS) is 27.8. The number of benzene rings is 1. The molecule has 2 heterocycles. The van der Waals surface area contributed by atoms with E-state index in [-0.39, 0.29) is 28.3 Å². The van der Waals surface area contributed by atoms with Crippen molar-refractivity contribution in [1.82, 2.24) is 15.3 Å². The smallest absolute Gasteiger partial charge is 0.236 e. The molecule has 1 aliphatic carbocycles. The van der Waals surface area contributed by atoms with Gasteiger partial charge in [-0.05, 0) is 53.0 Å². The highest BCUT2D eigenvalue weighted by Crippen LogP contribution is 2.66. The monoisotopic (exact) mass is 493 g/mol. The highest BCUT2D eigenvalue weighted by Gasteiger charge is 2.70. The number of carbonyl (C=O) groups excluding carboxylic acids is 1. The van der Waals surface area contributed by atoms with Gasteiger partial charge in [0.15, 0.2) is 11.0 Å². The van der Waals surface area contributed by atoms with E-state index in [1.165, 1.54) is 42.4 Å². The van der Waals surface area contributed by atoms with Crippen molar-refractivity contribution in [3.8, 4) is 0 Å². The van der Waals surface area contributed by atoms with Gasteiger partial charge in [-0.25, -0.2) is 18.7 Å². The SMILES string of the molecule is CNC(=O)[C@]12C[C@H]1[C@@](C)(c1cc(/C=C(\F)c3cnc(Br)cn3)ccc1F)N=C(N)S2. The number of halogens is 3. The van der Waals surface area contributed by atoms with Gasteiger partial charge in [-0.3, -0.25) is 9.79 Å². The molecule has 4 rings (SSSR count). The lowest BCUT2D eigenvalue weighted by molar-refractivity contribution is -0.121. The number of thioether (sulfide) groups is 1. The van der Waals surface area contributed by atoms with Gasteiger partial charge in [0.1, 0.15) is 20.9 Å². The Bertz CT molecular complexity index is 1090. The van der Waals surface area contributed by atoms with Crippen LogP contribution >= 0.6 is 27.7 Å². The van der Waals surface area contributed by atoms with E-state index in [0.29, 0.717) is 16.6 Å². The zero-order valence-electron chi connectivity index (χ0n) is 16.1. The maximum Gasteiger partial charge on any atom is 0.236 e. The van der Waals surface area contributed by atoms with Crippen LogP contribution in [0.2, 0.25) is 0 Å². The molecule has 1 aromatic carbocycles. The maximum atomic E-state index is 14.9. The van der Waals surface area contributed by atoms with Crippen molar-refractivity contribution in [3.05, 3.63) is 57.8 Å². The lowest BCUT2D eigenvalue weighted by Crippen LogP contribution is -2.43. The van der Waals surface area contributed by atoms with Crippen molar-refractivity contribution in [2.24, 2.45) is 16.6 Å². The molecular weight excluding hydrogens is 476 g/mol. The summed E-state index contributed by atoms with van der Waals surface area (Å²) < 4.78 is 29.2. The summed E-state index contributed by atoms with van der Waals surface area (Å²) in [4.78, 5) is 24.9. The first-order valence-corrected chi connectivity index (χ1v) is 10.7. The highest BCUT2D eigenvalue weighted by molar-refractivity contribution is 9.10. The Morgan fingerprint density at radius 2 is 2.17 bits per heavy atom. The number of nitrogens with two attached hydrogens (primary N) is 1. The minimum atomic E-state index is -1.04. The molecule has 2 aliphatic rings. The van der Waals surface area contributed by atoms with Crippen LogP contribution in [0.25, 0.3) is 11.9 Å². The molecule has 0 radical (unpaired) electrons. The third-order valence-electron chi connectivity index (χ3n) is 5.52. The Hall–Kier alpha value is -2.33. The molecular formula is C20H18BrF2N5OS. The summed E-state index contributed by atoms with van der Waals surface area (Å²) in [6.07, 6.45) is 4.48. The fourth-order valence-electron chi connectivity index (χ4n) is 3.96. The largest absolute Gasteiger partial charge is 0.378 e. The summed E-state index contributed by atoms with van der Waals surface area (Å²) in [5.41, 5.74) is 5.75. The van der Waals surface area contributed by atoms with E-state index in [1.54, 1.807) is 20.0 Å². The average Bonchev–Trinajstić information content (AvgIpc) is 3.45. The van der Waals surface area contributed by atoms with Gasteiger partial charge >= 0.3 is 0 Å². The fourth-order valence-corrected chi connectivity index (χ4v) is 5.59. The number of amides is 1. The predicted octanol–water partition coefficient (Wildman–Crippen LogP) is 3.63. The first-order valence-electron chi connectivity index (χ1n) is 9.11. The number of nitrogens with zero attached hydrogens (tertiary/aromatic N) is 3. The number of hydrogen-bond acceptors (Lipinski definition) is 6. The van der Waals surface area contributed by atoms with Crippen LogP contribution in [-0.2, 0) is 10.3 Å². The molecule has 10 heteroatoms. The molecule has 1 fully saturated rings. The molecule has 1 aromatic heterocycles. The van der Waals surface area contributed by atoms with Gasteiger partial charge in [0.2, 0.25) is 5.91 Å². The predicted molar refractivity (Wildman–Crippen MR) is 117 cm³/mol. The van der Waals surface area contributed by atoms with Gasteiger partial charge in [0.05, 0.1) is 17.9 Å². The summed E-state index contributed by atoms with van der Waals surface area (Å²) in [5, 5.41) is 2.89. The highest BCUT2D eigenvalue weighted by atomic mass is 79.9. The number of hydrogen-bond donors (Lipinski definition) is 2. The molecule has 3 N–H and O–H groups in total. The standard InChI is InChI=1S/C20H18BrF2N5OS/c1-19(15-7-20(15,17(29)25-2)30-18(24)28-19)11-5-10(3-4-12(11)22)6-13(23)14-8-27-16(21)9-26-14/h3-6,8-9,15H,7H2,1-2H3,(H2,24,28)(H,25,29)/b13-6-/t15-,19+,20-/m0/s1. The summed E-state index contributed by atoms with van der Waals surface area (Å²) in [6.45, 7) is 1.76. The van der Waals surface area contributed by atoms with Crippen LogP contribution in [0.1, 0.15) is 30.2 Å². The average molecular weight is 494 g/mol. The van der Waals surface area contributed by atoms with Gasteiger partial charge in [-0.15, -0.1) is 0 Å². The van der Waals surface area contributed by atoms with Crippen LogP contribution in [0.4, 0.5) is 8.78 Å². The van der Waals surface area contributed by atoms with Crippen molar-refractivity contribution in [2.45, 2.75) is 23.6 Å². The topological polar surface area (TPSA) is 93.3 Å². The number of amidine groups is 1. The Balaban J connectivity index is 1.73. The molecule has 0 spiro atoms. The van der Waals surface area contributed by atoms with Crippen LogP contribution in [-0.4, -0.2) is 32.8 Å². The third-order valence-corrected chi connectivity index (χ3v) is 7.23. The van der Waals surface area contributed by atoms with Crippen LogP contribution in [0.5, 0.6) is 0 Å². The minimum Gasteiger partial charge on any atom is -0.378 e. The van der Waals surface area contributed by atoms with Gasteiger partial charge < -0.3 is 11.1 Å². The van der Waals surface area contributed by atoms with Crippen molar-refractivity contribution in [3.63, 3.8) is 0 Å². The minimum absolute atomic E-state index is 0.0624. The van der Waals surface area contributed by atoms with E-state index in [4.69, 9.17) is 5.73 Å². The summed E-state index contributed by atoms with van der Waals surface area (Å²) in [6, 6.07) is 4.28. The van der Waals surface area contributed by atoms with E-state index >= 15 is 0 Å². The Labute approximate surface area is 184 Å². The van der Waals surface area contributed by atoms with Crippen LogP contribution in [0, 0.1) is 11.7 Å². The Morgan fingerprint density at radius 3 is 2.83 bits per heavy atom. The van der Waals surface area contributed by atoms with Crippen molar-refractivity contribution >= 4 is 50.7 Å². The van der Waals surface area contributed by atoms with Gasteiger partial charge in [-0.1, -0.05) is 17.8 Å². The van der Waals surface area contributed by atoms with Crippen LogP contribution in [0.15, 0.2) is 40.2 Å². The first kappa shape index (κ1) is 20.9. The van der Waals surface area contributed by atoms with E-state index < -0.39 is 21.9 Å². The Kier molecular flexibility index (Phi) is 5.17. The molecule has 3 atom stereocenters. The molecule has 0 unspecified atom stereocenters. The molecule has 1 saturated carbocycles. The molecule has 30 heavy (non-hydrogen) atoms. The van der Waals surface area contributed by atoms with Crippen molar-refractivity contribution in [1.29, 1.82) is 0 Å². The number of nitrogens with one attached hydrogen (secondary N) is 1. The molecule has 2 aromatic rings. The second-order valence-corrected chi connectivity index (χ2v) is 9.54. The quantitative estimate of drug-likeness (QED) is 0.678. The van der Waals surface area contributed by atoms with Crippen LogP contribution < -0.4 is 11.1 Å². The Morgan fingerprint density at radius 1 is 1.40 bits per heavy atom. The van der Waals surface area contributed by atoms with E-state index in [2.05, 4.69) is 36.2 Å². The van der Waals surface area contributed by atoms with E-state index in [0.717, 1.165) is 0 Å². The van der Waals surface area contributed by atoms with Crippen molar-refractivity contribution in [2.75, 3.05) is 7.05 Å². The second kappa shape index (κ2) is 7.42. The van der Waals surface area contributed by atoms with E-state index in [9.17, 15) is 13.6 Å². The summed E-state index contributed by atoms with van der Waals surface area (Å²) >= 11 is 4.37. The second-order valence-electron chi connectivity index (χ2n) is 7.38. The zero-order chi connectivity index (χ0) is 21.7. The maximum absolute atomic E-state index is 14.9. The zero-order valence-corrected chi connectivity index (χ0v) is 18.5. The molecule has 1 aliphatic heterocycles. The van der Waals surface area contributed by atoms with Crippen LogP contribution in [0.3, 0.4) is 0 Å². The summed E-state index contributed by atoms with van der Waals surface area (Å²) in [5.74, 6) is -1.47. The molecule has 6 nitrogen and oxygen atoms in total. The summed E-state index contributed by atoms with van der Waals surface area (Å²) in [7, 11) is 1.56. The van der Waals surface area contributed by atoms with Crippen molar-refractivity contribution < 1.29 is 13.6 Å². The van der Waals surface area contributed by atoms with Gasteiger partial charge in [-0.2, -0.15) is 0 Å². The number of aromatic nitrogens is 2. The molecule has 1 amide bonds. The number of fused-ring (bicyclic) bond motifs is 1. The molecule has 0 bridgehead atoms. The molecule has 0 saturated heterocycles. The van der Waals surface area contributed by atoms with E-state index in [1.807, 2.05) is 0 Å². The third kappa shape index (κ3) is 3.41. The van der Waals surface area contributed by atoms with Gasteiger partial charge in [0, 0.05) is 18.5 Å². The lowest BCUT2D eigenvalue weighted by Gasteiger charge is -2.33. The number of carbonyl (C=O) groups is 1.